The molecule has 0 unspecified atom stereocenters. The number of carbonyl (C=O) groups excluding carboxylic acids is 3. The van der Waals surface area contributed by atoms with Crippen molar-refractivity contribution >= 4 is 23.4 Å². The Morgan fingerprint density at radius 1 is 0.828 bits per heavy atom. The number of nitrogens with zero attached hydrogens (tertiary/aromatic N) is 1. The van der Waals surface area contributed by atoms with Gasteiger partial charge in [-0.25, -0.2) is 4.39 Å². The maximum absolute atomic E-state index is 14.0. The number of rotatable bonds is 5. The molecule has 1 aliphatic heterocycles. The minimum Gasteiger partial charge on any atom is -0.322 e. The van der Waals surface area contributed by atoms with Crippen LogP contribution in [0.4, 0.5) is 10.1 Å². The van der Waals surface area contributed by atoms with Crippen LogP contribution in [-0.4, -0.2) is 28.7 Å². The Hall–Kier alpha value is -3.80. The third-order valence-electron chi connectivity index (χ3n) is 4.84. The molecule has 0 saturated heterocycles. The van der Waals surface area contributed by atoms with Crippen molar-refractivity contribution in [2.75, 3.05) is 5.32 Å². The van der Waals surface area contributed by atoms with Gasteiger partial charge in [-0.15, -0.1) is 0 Å². The number of amides is 3. The summed E-state index contributed by atoms with van der Waals surface area (Å²) in [6.07, 6.45) is 0.118. The van der Waals surface area contributed by atoms with Gasteiger partial charge in [0.05, 0.1) is 16.8 Å². The third kappa shape index (κ3) is 3.52. The Morgan fingerprint density at radius 2 is 1.38 bits per heavy atom. The van der Waals surface area contributed by atoms with Crippen LogP contribution in [0.15, 0.2) is 78.9 Å². The van der Waals surface area contributed by atoms with E-state index in [1.54, 1.807) is 30.3 Å². The van der Waals surface area contributed by atoms with Gasteiger partial charge in [-0.1, -0.05) is 54.6 Å². The van der Waals surface area contributed by atoms with Crippen molar-refractivity contribution in [2.45, 2.75) is 12.5 Å². The number of imide groups is 1. The van der Waals surface area contributed by atoms with E-state index in [4.69, 9.17) is 0 Å². The largest absolute Gasteiger partial charge is 0.322 e. The first-order valence-electron chi connectivity index (χ1n) is 9.12. The first kappa shape index (κ1) is 18.6. The molecule has 1 aliphatic rings. The van der Waals surface area contributed by atoms with E-state index in [-0.39, 0.29) is 23.2 Å². The van der Waals surface area contributed by atoms with E-state index in [0.29, 0.717) is 0 Å². The van der Waals surface area contributed by atoms with Gasteiger partial charge in [-0.2, -0.15) is 0 Å². The lowest BCUT2D eigenvalue weighted by Crippen LogP contribution is -2.48. The summed E-state index contributed by atoms with van der Waals surface area (Å²) in [5.74, 6) is -2.29. The maximum atomic E-state index is 14.0. The highest BCUT2D eigenvalue weighted by molar-refractivity contribution is 6.23. The number of benzene rings is 3. The summed E-state index contributed by atoms with van der Waals surface area (Å²) in [5.41, 5.74) is 1.29. The molecular weight excluding hydrogens is 371 g/mol. The standard InChI is InChI=1S/C23H17FN2O3/c24-18-12-6-7-13-19(18)25-21(27)20(14-15-8-2-1-3-9-15)26-22(28)16-10-4-5-11-17(16)23(26)29/h1-13,20H,14H2,(H,25,27)/t20-/m1/s1. The molecule has 0 fully saturated rings. The molecule has 1 heterocycles. The van der Waals surface area contributed by atoms with Gasteiger partial charge in [0.2, 0.25) is 5.91 Å². The molecule has 0 bridgehead atoms. The molecule has 0 aromatic heterocycles. The molecule has 0 radical (unpaired) electrons. The second-order valence-corrected chi connectivity index (χ2v) is 6.70. The fourth-order valence-corrected chi connectivity index (χ4v) is 3.41. The SMILES string of the molecule is O=C(Nc1ccccc1F)[C@@H](Cc1ccccc1)N1C(=O)c2ccccc2C1=O. The Balaban J connectivity index is 1.69. The van der Waals surface area contributed by atoms with Gasteiger partial charge in [0.15, 0.2) is 0 Å². The van der Waals surface area contributed by atoms with Gasteiger partial charge in [0.1, 0.15) is 11.9 Å². The fourth-order valence-electron chi connectivity index (χ4n) is 3.41. The molecule has 4 rings (SSSR count). The Morgan fingerprint density at radius 3 is 2.00 bits per heavy atom. The summed E-state index contributed by atoms with van der Waals surface area (Å²) in [6, 6.07) is 20.1. The van der Waals surface area contributed by atoms with Gasteiger partial charge < -0.3 is 5.32 Å². The molecule has 144 valence electrons. The monoisotopic (exact) mass is 388 g/mol. The summed E-state index contributed by atoms with van der Waals surface area (Å²) in [6.45, 7) is 0. The van der Waals surface area contributed by atoms with Crippen LogP contribution in [0, 0.1) is 5.82 Å². The summed E-state index contributed by atoms with van der Waals surface area (Å²) < 4.78 is 14.0. The van der Waals surface area contributed by atoms with Crippen molar-refractivity contribution in [2.24, 2.45) is 0 Å². The Labute approximate surface area is 166 Å². The number of para-hydroxylation sites is 1. The van der Waals surface area contributed by atoms with Crippen molar-refractivity contribution in [3.8, 4) is 0 Å². The Bertz CT molecular complexity index is 1060. The fraction of sp³-hybridized carbons (Fsp3) is 0.0870. The van der Waals surface area contributed by atoms with E-state index in [0.717, 1.165) is 10.5 Å². The van der Waals surface area contributed by atoms with Gasteiger partial charge in [0.25, 0.3) is 11.8 Å². The molecular formula is C23H17FN2O3. The molecule has 5 nitrogen and oxygen atoms in total. The number of anilines is 1. The number of fused-ring (bicyclic) bond motifs is 1. The van der Waals surface area contributed by atoms with Gasteiger partial charge in [-0.3, -0.25) is 19.3 Å². The molecule has 1 atom stereocenters. The highest BCUT2D eigenvalue weighted by Crippen LogP contribution is 2.27. The number of hydrogen-bond acceptors (Lipinski definition) is 3. The number of nitrogens with one attached hydrogen (secondary N) is 1. The van der Waals surface area contributed by atoms with Crippen LogP contribution in [0.25, 0.3) is 0 Å². The zero-order chi connectivity index (χ0) is 20.4. The summed E-state index contributed by atoms with van der Waals surface area (Å²) >= 11 is 0. The van der Waals surface area contributed by atoms with Gasteiger partial charge in [0, 0.05) is 6.42 Å². The summed E-state index contributed by atoms with van der Waals surface area (Å²) in [4.78, 5) is 39.9. The lowest BCUT2D eigenvalue weighted by Gasteiger charge is -2.25. The van der Waals surface area contributed by atoms with Crippen LogP contribution in [0.3, 0.4) is 0 Å². The first-order chi connectivity index (χ1) is 14.1. The Kier molecular flexibility index (Phi) is 4.91. The zero-order valence-electron chi connectivity index (χ0n) is 15.3. The van der Waals surface area contributed by atoms with E-state index in [9.17, 15) is 18.8 Å². The van der Waals surface area contributed by atoms with E-state index in [1.807, 2.05) is 30.3 Å². The number of halogens is 1. The van der Waals surface area contributed by atoms with E-state index in [2.05, 4.69) is 5.32 Å². The molecule has 3 aromatic rings. The predicted molar refractivity (Wildman–Crippen MR) is 106 cm³/mol. The number of hydrogen-bond donors (Lipinski definition) is 1. The highest BCUT2D eigenvalue weighted by Gasteiger charge is 2.42. The minimum atomic E-state index is -1.12. The molecule has 3 amide bonds. The van der Waals surface area contributed by atoms with Crippen LogP contribution >= 0.6 is 0 Å². The van der Waals surface area contributed by atoms with Crippen LogP contribution in [-0.2, 0) is 11.2 Å². The van der Waals surface area contributed by atoms with Crippen molar-refractivity contribution in [1.29, 1.82) is 0 Å². The number of carbonyl (C=O) groups is 3. The topological polar surface area (TPSA) is 66.5 Å². The average molecular weight is 388 g/mol. The lowest BCUT2D eigenvalue weighted by atomic mass is 10.0. The van der Waals surface area contributed by atoms with Crippen LogP contribution in [0.2, 0.25) is 0 Å². The predicted octanol–water partition coefficient (Wildman–Crippen LogP) is 3.67. The van der Waals surface area contributed by atoms with Crippen LogP contribution in [0.1, 0.15) is 26.3 Å². The average Bonchev–Trinajstić information content (AvgIpc) is 2.99. The van der Waals surface area contributed by atoms with E-state index >= 15 is 0 Å². The van der Waals surface area contributed by atoms with Gasteiger partial charge >= 0.3 is 0 Å². The normalized spacial score (nSPS) is 13.9. The van der Waals surface area contributed by atoms with Crippen LogP contribution in [0.5, 0.6) is 0 Å². The molecule has 1 N–H and O–H groups in total. The smallest absolute Gasteiger partial charge is 0.262 e. The van der Waals surface area contributed by atoms with E-state index in [1.165, 1.54) is 18.2 Å². The summed E-state index contributed by atoms with van der Waals surface area (Å²) in [7, 11) is 0. The maximum Gasteiger partial charge on any atom is 0.262 e. The summed E-state index contributed by atoms with van der Waals surface area (Å²) in [5, 5.41) is 2.52. The van der Waals surface area contributed by atoms with Crippen molar-refractivity contribution < 1.29 is 18.8 Å². The molecule has 0 spiro atoms. The van der Waals surface area contributed by atoms with E-state index < -0.39 is 29.6 Å². The molecule has 0 saturated carbocycles. The minimum absolute atomic E-state index is 0.00725. The highest BCUT2D eigenvalue weighted by atomic mass is 19.1. The molecule has 3 aromatic carbocycles. The van der Waals surface area contributed by atoms with Crippen LogP contribution < -0.4 is 5.32 Å². The van der Waals surface area contributed by atoms with Crippen molar-refractivity contribution in [3.63, 3.8) is 0 Å². The van der Waals surface area contributed by atoms with Crippen molar-refractivity contribution in [3.05, 3.63) is 101 Å². The third-order valence-corrected chi connectivity index (χ3v) is 4.84. The second kappa shape index (κ2) is 7.67. The lowest BCUT2D eigenvalue weighted by molar-refractivity contribution is -0.120. The quantitative estimate of drug-likeness (QED) is 0.678. The van der Waals surface area contributed by atoms with Crippen molar-refractivity contribution in [1.82, 2.24) is 4.90 Å². The molecule has 29 heavy (non-hydrogen) atoms. The molecule has 6 heteroatoms. The molecule has 0 aliphatic carbocycles. The first-order valence-corrected chi connectivity index (χ1v) is 9.12. The zero-order valence-corrected chi connectivity index (χ0v) is 15.3. The van der Waals surface area contributed by atoms with Gasteiger partial charge in [-0.05, 0) is 29.8 Å². The second-order valence-electron chi connectivity index (χ2n) is 6.70.